The fraction of sp³-hybridized carbons (Fsp3) is 0.381. The van der Waals surface area contributed by atoms with E-state index in [1.165, 1.54) is 0 Å². The van der Waals surface area contributed by atoms with Gasteiger partial charge in [-0.25, -0.2) is 4.79 Å². The van der Waals surface area contributed by atoms with E-state index < -0.39 is 5.97 Å². The molecule has 0 unspecified atom stereocenters. The molecule has 0 aliphatic rings. The number of carbonyl (C=O) groups is 1. The van der Waals surface area contributed by atoms with Crippen LogP contribution < -0.4 is 9.64 Å². The van der Waals surface area contributed by atoms with Gasteiger partial charge in [-0.2, -0.15) is 0 Å². The van der Waals surface area contributed by atoms with Gasteiger partial charge in [-0.05, 0) is 43.7 Å². The first-order chi connectivity index (χ1) is 13.9. The number of hydrogen-bond donors (Lipinski definition) is 0. The summed E-state index contributed by atoms with van der Waals surface area (Å²) in [6, 6.07) is 9.18. The zero-order valence-corrected chi connectivity index (χ0v) is 19.0. The molecule has 0 spiro atoms. The average Bonchev–Trinajstić information content (AvgIpc) is 2.71. The fourth-order valence-corrected chi connectivity index (χ4v) is 2.98. The summed E-state index contributed by atoms with van der Waals surface area (Å²) in [4.78, 5) is 14.0. The lowest BCUT2D eigenvalue weighted by Crippen LogP contribution is -2.24. The molecule has 0 bridgehead atoms. The summed E-state index contributed by atoms with van der Waals surface area (Å²) in [5.74, 6) is 0.923. The molecule has 29 heavy (non-hydrogen) atoms. The molecule has 6 nitrogen and oxygen atoms in total. The van der Waals surface area contributed by atoms with E-state index in [4.69, 9.17) is 21.1 Å². The van der Waals surface area contributed by atoms with Crippen LogP contribution in [0.3, 0.4) is 0 Å². The number of carbonyl (C=O) groups excluding carboxylic acids is 1. The van der Waals surface area contributed by atoms with Crippen LogP contribution in [0, 0.1) is 0 Å². The van der Waals surface area contributed by atoms with Crippen LogP contribution in [0.4, 0.5) is 5.82 Å². The third-order valence-corrected chi connectivity index (χ3v) is 4.67. The number of esters is 1. The van der Waals surface area contributed by atoms with Crippen LogP contribution in [0.2, 0.25) is 0 Å². The Balaban J connectivity index is 2.13. The van der Waals surface area contributed by atoms with Gasteiger partial charge in [-0.1, -0.05) is 47.5 Å². The Hall–Kier alpha value is -2.12. The highest BCUT2D eigenvalue weighted by Gasteiger charge is 2.15. The van der Waals surface area contributed by atoms with Crippen LogP contribution in [-0.2, 0) is 11.3 Å². The van der Waals surface area contributed by atoms with Crippen molar-refractivity contribution in [1.29, 1.82) is 0 Å². The molecule has 0 radical (unpaired) electrons. The lowest BCUT2D eigenvalue weighted by atomic mass is 10.2. The lowest BCUT2D eigenvalue weighted by Gasteiger charge is -2.23. The molecule has 0 amide bonds. The minimum absolute atomic E-state index is 0.202. The van der Waals surface area contributed by atoms with Gasteiger partial charge in [0.15, 0.2) is 11.5 Å². The summed E-state index contributed by atoms with van der Waals surface area (Å²) in [5.41, 5.74) is 1.16. The Morgan fingerprint density at radius 1 is 1.24 bits per heavy atom. The molecule has 0 saturated carbocycles. The van der Waals surface area contributed by atoms with Crippen molar-refractivity contribution in [3.8, 4) is 5.75 Å². The minimum atomic E-state index is -0.454. The van der Waals surface area contributed by atoms with Gasteiger partial charge in [0.1, 0.15) is 12.4 Å². The van der Waals surface area contributed by atoms with Crippen LogP contribution in [0.5, 0.6) is 5.75 Å². The second kappa shape index (κ2) is 11.8. The Morgan fingerprint density at radius 3 is 2.66 bits per heavy atom. The summed E-state index contributed by atoms with van der Waals surface area (Å²) in [6.07, 6.45) is 1.79. The van der Waals surface area contributed by atoms with Gasteiger partial charge >= 0.3 is 5.97 Å². The number of anilines is 1. The molecule has 1 aromatic heterocycles. The van der Waals surface area contributed by atoms with E-state index in [0.29, 0.717) is 30.5 Å². The minimum Gasteiger partial charge on any atom is -0.488 e. The second-order valence-corrected chi connectivity index (χ2v) is 7.79. The van der Waals surface area contributed by atoms with Crippen LogP contribution in [0.1, 0.15) is 42.7 Å². The van der Waals surface area contributed by atoms with Crippen molar-refractivity contribution in [3.05, 3.63) is 57.7 Å². The zero-order chi connectivity index (χ0) is 21.2. The van der Waals surface area contributed by atoms with Crippen molar-refractivity contribution in [2.45, 2.75) is 33.2 Å². The number of halogens is 2. The molecule has 156 valence electrons. The smallest absolute Gasteiger partial charge is 0.358 e. The first-order valence-electron chi connectivity index (χ1n) is 9.44. The normalized spacial score (nSPS) is 10.5. The van der Waals surface area contributed by atoms with Gasteiger partial charge in [0.2, 0.25) is 0 Å². The summed E-state index contributed by atoms with van der Waals surface area (Å²) < 4.78 is 11.9. The highest BCUT2D eigenvalue weighted by atomic mass is 79.9. The fourth-order valence-electron chi connectivity index (χ4n) is 2.51. The third-order valence-electron chi connectivity index (χ3n) is 4.06. The van der Waals surface area contributed by atoms with Gasteiger partial charge in [0.05, 0.1) is 6.61 Å². The molecule has 2 aromatic rings. The van der Waals surface area contributed by atoms with Crippen molar-refractivity contribution in [2.75, 3.05) is 24.7 Å². The first-order valence-corrected chi connectivity index (χ1v) is 10.6. The third kappa shape index (κ3) is 7.33. The molecular weight excluding hydrogens is 458 g/mol. The Bertz CT molecular complexity index is 830. The molecule has 1 aromatic carbocycles. The second-order valence-electron chi connectivity index (χ2n) is 6.34. The number of hydrogen-bond acceptors (Lipinski definition) is 6. The molecule has 0 atom stereocenters. The predicted molar refractivity (Wildman–Crippen MR) is 119 cm³/mol. The maximum atomic E-state index is 12.0. The van der Waals surface area contributed by atoms with Gasteiger partial charge in [0.25, 0.3) is 0 Å². The van der Waals surface area contributed by atoms with Crippen molar-refractivity contribution in [2.24, 2.45) is 0 Å². The lowest BCUT2D eigenvalue weighted by molar-refractivity contribution is 0.0491. The van der Waals surface area contributed by atoms with Gasteiger partial charge < -0.3 is 14.4 Å². The topological polar surface area (TPSA) is 64.5 Å². The molecular formula is C21H25BrClN3O3. The van der Waals surface area contributed by atoms with Gasteiger partial charge in [-0.15, -0.1) is 10.2 Å². The van der Waals surface area contributed by atoms with Gasteiger partial charge in [-0.3, -0.25) is 0 Å². The van der Waals surface area contributed by atoms with Gasteiger partial charge in [0, 0.05) is 28.2 Å². The number of unbranched alkanes of at least 4 members (excludes halogenated alkanes) is 1. The SMILES string of the molecule is C=C(Cl)COc1ccc(Br)cc1CN(CC)c1ccc(C(=O)OCCCC)nn1. The van der Waals surface area contributed by atoms with Crippen molar-refractivity contribution in [1.82, 2.24) is 10.2 Å². The predicted octanol–water partition coefficient (Wildman–Crippen LogP) is 5.35. The number of benzene rings is 1. The van der Waals surface area contributed by atoms with Crippen LogP contribution in [0.15, 0.2) is 46.4 Å². The van der Waals surface area contributed by atoms with Crippen molar-refractivity contribution >= 4 is 39.3 Å². The summed E-state index contributed by atoms with van der Waals surface area (Å²) in [6.45, 7) is 9.58. The molecule has 0 aliphatic heterocycles. The Kier molecular flexibility index (Phi) is 9.41. The van der Waals surface area contributed by atoms with E-state index in [2.05, 4.69) is 32.7 Å². The molecule has 0 N–H and O–H groups in total. The summed E-state index contributed by atoms with van der Waals surface area (Å²) in [7, 11) is 0. The van der Waals surface area contributed by atoms with E-state index in [1.807, 2.05) is 36.9 Å². The highest BCUT2D eigenvalue weighted by molar-refractivity contribution is 9.10. The maximum Gasteiger partial charge on any atom is 0.358 e. The molecule has 0 aliphatic carbocycles. The molecule has 2 rings (SSSR count). The first kappa shape index (κ1) is 23.2. The van der Waals surface area contributed by atoms with E-state index in [1.54, 1.807) is 12.1 Å². The largest absolute Gasteiger partial charge is 0.488 e. The average molecular weight is 483 g/mol. The highest BCUT2D eigenvalue weighted by Crippen LogP contribution is 2.26. The van der Waals surface area contributed by atoms with Crippen molar-refractivity contribution < 1.29 is 14.3 Å². The van der Waals surface area contributed by atoms with E-state index in [9.17, 15) is 4.79 Å². The summed E-state index contributed by atoms with van der Waals surface area (Å²) >= 11 is 9.32. The monoisotopic (exact) mass is 481 g/mol. The standard InChI is InChI=1S/C21H25BrClN3O3/c1-4-6-11-28-21(27)18-8-10-20(25-24-18)26(5-2)13-16-12-17(22)7-9-19(16)29-14-15(3)23/h7-10,12H,3-6,11,13-14H2,1-2H3. The van der Waals surface area contributed by atoms with E-state index >= 15 is 0 Å². The van der Waals surface area contributed by atoms with Crippen LogP contribution >= 0.6 is 27.5 Å². The molecule has 0 fully saturated rings. The van der Waals surface area contributed by atoms with E-state index in [-0.39, 0.29) is 12.3 Å². The number of nitrogens with zero attached hydrogens (tertiary/aromatic N) is 3. The number of ether oxygens (including phenoxy) is 2. The quantitative estimate of drug-likeness (QED) is 0.318. The zero-order valence-electron chi connectivity index (χ0n) is 16.7. The van der Waals surface area contributed by atoms with Crippen molar-refractivity contribution in [3.63, 3.8) is 0 Å². The number of aromatic nitrogens is 2. The maximum absolute atomic E-state index is 12.0. The number of rotatable bonds is 11. The Labute approximate surface area is 185 Å². The van der Waals surface area contributed by atoms with Crippen LogP contribution in [0.25, 0.3) is 0 Å². The molecule has 8 heteroatoms. The molecule has 0 saturated heterocycles. The molecule has 1 heterocycles. The van der Waals surface area contributed by atoms with E-state index in [0.717, 1.165) is 28.6 Å². The van der Waals surface area contributed by atoms with Crippen LogP contribution in [-0.4, -0.2) is 35.9 Å². The summed E-state index contributed by atoms with van der Waals surface area (Å²) in [5, 5.41) is 8.67. The Morgan fingerprint density at radius 2 is 2.03 bits per heavy atom.